The fourth-order valence-electron chi connectivity index (χ4n) is 3.80. The van der Waals surface area contributed by atoms with Gasteiger partial charge in [-0.1, -0.05) is 35.9 Å². The normalized spacial score (nSPS) is 22.0. The van der Waals surface area contributed by atoms with Gasteiger partial charge in [-0.15, -0.1) is 0 Å². The molecule has 2 aromatic rings. The van der Waals surface area contributed by atoms with Crippen LogP contribution in [0.25, 0.3) is 0 Å². The van der Waals surface area contributed by atoms with E-state index in [1.54, 1.807) is 6.07 Å². The summed E-state index contributed by atoms with van der Waals surface area (Å²) in [5.41, 5.74) is 0.818. The number of rotatable bonds is 6. The standard InChI is InChI=1S/C23H19ClF2N2O4/c24-16-5-3-15(4-6-16)23(25,26)19(29)9-2-13-1-7-17-14(11-13)12-28(22(17)32)18-8-10-20(30)27-21(18)31/h1,3-7,11,18H,2,8-10,12H2,(H,27,30,31)/i18D/hD. The summed E-state index contributed by atoms with van der Waals surface area (Å²) >= 11 is 5.71. The summed E-state index contributed by atoms with van der Waals surface area (Å²) in [5.74, 6) is -7.35. The Kier molecular flexibility index (Phi) is 5.15. The number of nitrogens with one attached hydrogen (secondary N) is 1. The van der Waals surface area contributed by atoms with E-state index >= 15 is 0 Å². The number of alkyl halides is 2. The van der Waals surface area contributed by atoms with E-state index in [0.29, 0.717) is 11.1 Å². The van der Waals surface area contributed by atoms with E-state index in [-0.39, 0.29) is 41.7 Å². The zero-order valence-corrected chi connectivity index (χ0v) is 17.5. The highest BCUT2D eigenvalue weighted by Crippen LogP contribution is 2.32. The SMILES string of the molecule is [2H]N1C(=O)CCC([2H])(N2Cc3cc(CCC(=O)C(F)(F)c4ccc(Cl)cc4)ccc3C2=O)C1=O. The lowest BCUT2D eigenvalue weighted by molar-refractivity contribution is -0.144. The highest BCUT2D eigenvalue weighted by atomic mass is 35.5. The molecule has 0 aliphatic carbocycles. The largest absolute Gasteiger partial charge is 0.330 e. The van der Waals surface area contributed by atoms with Crippen molar-refractivity contribution < 1.29 is 30.7 Å². The number of aryl methyl sites for hydroxylation is 1. The van der Waals surface area contributed by atoms with Gasteiger partial charge in [0.25, 0.3) is 5.91 Å². The molecule has 2 heterocycles. The molecule has 6 nitrogen and oxygen atoms in total. The van der Waals surface area contributed by atoms with Crippen molar-refractivity contribution in [3.05, 3.63) is 69.7 Å². The fourth-order valence-corrected chi connectivity index (χ4v) is 3.92. The average Bonchev–Trinajstić information content (AvgIpc) is 3.15. The van der Waals surface area contributed by atoms with Crippen LogP contribution in [-0.2, 0) is 33.3 Å². The van der Waals surface area contributed by atoms with E-state index in [2.05, 4.69) is 0 Å². The first-order chi connectivity index (χ1) is 15.9. The Labute approximate surface area is 190 Å². The van der Waals surface area contributed by atoms with Gasteiger partial charge >= 0.3 is 5.92 Å². The number of halogens is 3. The van der Waals surface area contributed by atoms with Crippen LogP contribution in [0.3, 0.4) is 0 Å². The summed E-state index contributed by atoms with van der Waals surface area (Å²) in [6, 6.07) is 7.28. The van der Waals surface area contributed by atoms with Gasteiger partial charge in [-0.3, -0.25) is 24.5 Å². The van der Waals surface area contributed by atoms with Crippen molar-refractivity contribution in [3.8, 4) is 0 Å². The number of piperidine rings is 1. The molecule has 1 unspecified atom stereocenters. The molecule has 32 heavy (non-hydrogen) atoms. The summed E-state index contributed by atoms with van der Waals surface area (Å²) in [7, 11) is 0. The average molecular weight is 463 g/mol. The first-order valence-corrected chi connectivity index (χ1v) is 10.3. The number of Topliss-reactive ketones (excluding diaryl/α,β-unsaturated/α-hetero) is 1. The number of carbonyl (C=O) groups excluding carboxylic acids is 4. The predicted octanol–water partition coefficient (Wildman–Crippen LogP) is 3.39. The minimum absolute atomic E-state index is 0.00340. The molecule has 1 N–H and O–H groups in total. The number of fused-ring (bicyclic) bond motifs is 1. The Bertz CT molecular complexity index is 1210. The Morgan fingerprint density at radius 3 is 2.66 bits per heavy atom. The summed E-state index contributed by atoms with van der Waals surface area (Å²) in [6.07, 6.45) is -0.874. The molecular weight excluding hydrogens is 442 g/mol. The maximum atomic E-state index is 14.5. The number of hydrogen-bond donors (Lipinski definition) is 1. The van der Waals surface area contributed by atoms with Crippen LogP contribution in [0, 0.1) is 0 Å². The summed E-state index contributed by atoms with van der Waals surface area (Å²) in [4.78, 5) is 50.1. The van der Waals surface area contributed by atoms with Crippen molar-refractivity contribution in [2.45, 2.75) is 44.2 Å². The number of benzene rings is 2. The van der Waals surface area contributed by atoms with Crippen LogP contribution in [0.1, 0.15) is 47.7 Å². The molecule has 1 atom stereocenters. The van der Waals surface area contributed by atoms with Gasteiger partial charge in [0.1, 0.15) is 6.02 Å². The van der Waals surface area contributed by atoms with E-state index in [0.717, 1.165) is 17.0 Å². The highest BCUT2D eigenvalue weighted by Gasteiger charge is 2.41. The molecule has 166 valence electrons. The Hall–Kier alpha value is -3.13. The molecule has 0 aromatic heterocycles. The van der Waals surface area contributed by atoms with Crippen molar-refractivity contribution in [2.75, 3.05) is 0 Å². The van der Waals surface area contributed by atoms with Gasteiger partial charge < -0.3 is 4.90 Å². The molecule has 1 saturated heterocycles. The first kappa shape index (κ1) is 19.5. The number of hydrogen-bond acceptors (Lipinski definition) is 4. The minimum Gasteiger partial charge on any atom is -0.322 e. The van der Waals surface area contributed by atoms with Crippen molar-refractivity contribution >= 4 is 35.1 Å². The second-order valence-corrected chi connectivity index (χ2v) is 8.08. The molecule has 2 aromatic carbocycles. The van der Waals surface area contributed by atoms with Crippen molar-refractivity contribution in [1.82, 2.24) is 10.2 Å². The third kappa shape index (κ3) is 4.14. The van der Waals surface area contributed by atoms with Gasteiger partial charge in [0, 0.05) is 35.5 Å². The van der Waals surface area contributed by atoms with Crippen molar-refractivity contribution in [3.63, 3.8) is 0 Å². The van der Waals surface area contributed by atoms with Crippen LogP contribution in [0.5, 0.6) is 0 Å². The van der Waals surface area contributed by atoms with E-state index in [1.165, 1.54) is 24.3 Å². The smallest absolute Gasteiger partial charge is 0.322 e. The molecule has 2 aliphatic heterocycles. The van der Waals surface area contributed by atoms with Crippen LogP contribution in [-0.4, -0.2) is 34.4 Å². The maximum absolute atomic E-state index is 14.5. The Balaban J connectivity index is 1.47. The van der Waals surface area contributed by atoms with E-state index in [9.17, 15) is 28.0 Å². The zero-order valence-electron chi connectivity index (χ0n) is 18.7. The van der Waals surface area contributed by atoms with Crippen molar-refractivity contribution in [1.29, 1.82) is 0 Å². The van der Waals surface area contributed by atoms with E-state index in [1.807, 2.05) is 0 Å². The highest BCUT2D eigenvalue weighted by molar-refractivity contribution is 6.30. The van der Waals surface area contributed by atoms with Gasteiger partial charge in [0.15, 0.2) is 1.41 Å². The lowest BCUT2D eigenvalue weighted by atomic mass is 9.97. The first-order valence-electron chi connectivity index (χ1n) is 10.9. The molecule has 0 bridgehead atoms. The van der Waals surface area contributed by atoms with Crippen LogP contribution in [0.15, 0.2) is 42.5 Å². The second-order valence-electron chi connectivity index (χ2n) is 7.64. The van der Waals surface area contributed by atoms with Crippen LogP contribution in [0.2, 0.25) is 6.43 Å². The summed E-state index contributed by atoms with van der Waals surface area (Å²) in [5, 5.41) is 0.394. The number of nitrogens with zero attached hydrogens (tertiary/aromatic N) is 1. The quantitative estimate of drug-likeness (QED) is 0.667. The van der Waals surface area contributed by atoms with Gasteiger partial charge in [-0.2, -0.15) is 8.78 Å². The second kappa shape index (κ2) is 8.43. The van der Waals surface area contributed by atoms with E-state index in [4.69, 9.17) is 14.4 Å². The molecule has 9 heteroatoms. The van der Waals surface area contributed by atoms with Gasteiger partial charge in [0.05, 0.1) is 1.37 Å². The van der Waals surface area contributed by atoms with Crippen LogP contribution < -0.4 is 5.31 Å². The molecule has 4 rings (SSSR count). The van der Waals surface area contributed by atoms with Gasteiger partial charge in [0.2, 0.25) is 17.6 Å². The molecule has 1 fully saturated rings. The third-order valence-electron chi connectivity index (χ3n) is 5.55. The monoisotopic (exact) mass is 462 g/mol. The van der Waals surface area contributed by atoms with Gasteiger partial charge in [-0.05, 0) is 42.2 Å². The minimum atomic E-state index is -3.67. The number of carbonyl (C=O) groups is 4. The molecule has 0 saturated carbocycles. The Morgan fingerprint density at radius 1 is 1.22 bits per heavy atom. The zero-order chi connectivity index (χ0) is 24.8. The molecule has 3 amide bonds. The lowest BCUT2D eigenvalue weighted by Gasteiger charge is -2.29. The molecular formula is C23H19ClF2N2O4. The number of imide groups is 1. The number of amides is 3. The topological polar surface area (TPSA) is 83.6 Å². The number of ketones is 1. The molecule has 2 aliphatic rings. The predicted molar refractivity (Wildman–Crippen MR) is 111 cm³/mol. The fraction of sp³-hybridized carbons (Fsp3) is 0.304. The summed E-state index contributed by atoms with van der Waals surface area (Å²) in [6.45, 7) is -0.103. The van der Waals surface area contributed by atoms with Crippen LogP contribution in [0.4, 0.5) is 8.78 Å². The summed E-state index contributed by atoms with van der Waals surface area (Å²) < 4.78 is 45.1. The Morgan fingerprint density at radius 2 is 1.94 bits per heavy atom. The van der Waals surface area contributed by atoms with Gasteiger partial charge in [-0.25, -0.2) is 0 Å². The molecule has 0 spiro atoms. The molecule has 0 radical (unpaired) electrons. The van der Waals surface area contributed by atoms with E-state index < -0.39 is 47.4 Å². The lowest BCUT2D eigenvalue weighted by Crippen LogP contribution is -2.52. The third-order valence-corrected chi connectivity index (χ3v) is 5.80. The van der Waals surface area contributed by atoms with Crippen LogP contribution >= 0.6 is 11.6 Å². The maximum Gasteiger partial charge on any atom is 0.330 e. The van der Waals surface area contributed by atoms with Crippen molar-refractivity contribution in [2.24, 2.45) is 0 Å².